The number of piperidine rings is 1. The van der Waals surface area contributed by atoms with Gasteiger partial charge in [0.1, 0.15) is 0 Å². The minimum Gasteiger partial charge on any atom is -0.371 e. The van der Waals surface area contributed by atoms with Crippen molar-refractivity contribution in [1.29, 1.82) is 0 Å². The Bertz CT molecular complexity index is 434. The summed E-state index contributed by atoms with van der Waals surface area (Å²) in [7, 11) is 2.00. The molecule has 4 nitrogen and oxygen atoms in total. The van der Waals surface area contributed by atoms with Gasteiger partial charge in [0.2, 0.25) is 0 Å². The Morgan fingerprint density at radius 1 is 1.19 bits per heavy atom. The van der Waals surface area contributed by atoms with Gasteiger partial charge in [-0.05, 0) is 57.8 Å². The van der Waals surface area contributed by atoms with E-state index in [9.17, 15) is 0 Å². The normalized spacial score (nSPS) is 21.1. The molecule has 116 valence electrons. The van der Waals surface area contributed by atoms with Crippen molar-refractivity contribution in [3.05, 3.63) is 24.0 Å². The topological polar surface area (TPSA) is 31.4 Å². The van der Waals surface area contributed by atoms with Crippen molar-refractivity contribution in [3.8, 4) is 0 Å². The summed E-state index contributed by atoms with van der Waals surface area (Å²) >= 11 is 0. The molecule has 0 spiro atoms. The van der Waals surface area contributed by atoms with Gasteiger partial charge in [0, 0.05) is 49.8 Å². The molecule has 4 heteroatoms. The first-order chi connectivity index (χ1) is 10.4. The first-order valence-corrected chi connectivity index (χ1v) is 8.41. The van der Waals surface area contributed by atoms with Gasteiger partial charge >= 0.3 is 0 Å². The van der Waals surface area contributed by atoms with Crippen molar-refractivity contribution in [1.82, 2.24) is 15.2 Å². The molecule has 3 rings (SSSR count). The Morgan fingerprint density at radius 2 is 1.95 bits per heavy atom. The summed E-state index contributed by atoms with van der Waals surface area (Å²) in [6.07, 6.45) is 9.40. The maximum Gasteiger partial charge on any atom is 0.0442 e. The zero-order valence-corrected chi connectivity index (χ0v) is 13.2. The van der Waals surface area contributed by atoms with Crippen LogP contribution < -0.4 is 10.2 Å². The molecule has 3 heterocycles. The minimum atomic E-state index is 0.897. The van der Waals surface area contributed by atoms with E-state index in [0.717, 1.165) is 12.5 Å². The fraction of sp³-hybridized carbons (Fsp3) is 0.706. The van der Waals surface area contributed by atoms with Crippen LogP contribution in [0.2, 0.25) is 0 Å². The summed E-state index contributed by atoms with van der Waals surface area (Å²) < 4.78 is 0. The summed E-state index contributed by atoms with van der Waals surface area (Å²) in [6, 6.07) is 2.17. The smallest absolute Gasteiger partial charge is 0.0442 e. The summed E-state index contributed by atoms with van der Waals surface area (Å²) in [5.41, 5.74) is 2.69. The number of rotatable bonds is 5. The van der Waals surface area contributed by atoms with Crippen LogP contribution in [0.1, 0.15) is 31.2 Å². The molecule has 2 fully saturated rings. The summed E-state index contributed by atoms with van der Waals surface area (Å²) in [5, 5.41) is 3.25. The number of aromatic nitrogens is 1. The van der Waals surface area contributed by atoms with Crippen molar-refractivity contribution in [2.45, 2.75) is 32.2 Å². The number of likely N-dealkylation sites (tertiary alicyclic amines) is 1. The lowest BCUT2D eigenvalue weighted by Gasteiger charge is -2.36. The van der Waals surface area contributed by atoms with Gasteiger partial charge in [-0.2, -0.15) is 0 Å². The maximum atomic E-state index is 4.27. The van der Waals surface area contributed by atoms with Crippen molar-refractivity contribution in [3.63, 3.8) is 0 Å². The van der Waals surface area contributed by atoms with E-state index < -0.39 is 0 Å². The number of hydrogen-bond donors (Lipinski definition) is 1. The van der Waals surface area contributed by atoms with Gasteiger partial charge < -0.3 is 15.1 Å². The van der Waals surface area contributed by atoms with Crippen LogP contribution in [0.15, 0.2) is 18.5 Å². The molecule has 2 aliphatic heterocycles. The molecule has 0 aliphatic carbocycles. The lowest BCUT2D eigenvalue weighted by molar-refractivity contribution is 0.249. The Balaban J connectivity index is 1.55. The van der Waals surface area contributed by atoms with Gasteiger partial charge in [-0.3, -0.25) is 4.98 Å². The van der Waals surface area contributed by atoms with E-state index in [1.54, 1.807) is 0 Å². The van der Waals surface area contributed by atoms with Crippen LogP contribution in [0.3, 0.4) is 0 Å². The average Bonchev–Trinajstić information content (AvgIpc) is 3.02. The third-order valence-corrected chi connectivity index (χ3v) is 4.92. The highest BCUT2D eigenvalue weighted by Gasteiger charge is 2.23. The van der Waals surface area contributed by atoms with Gasteiger partial charge in [0.15, 0.2) is 0 Å². The molecule has 0 amide bonds. The first-order valence-electron chi connectivity index (χ1n) is 8.41. The van der Waals surface area contributed by atoms with Gasteiger partial charge in [0.25, 0.3) is 0 Å². The van der Waals surface area contributed by atoms with Crippen LogP contribution >= 0.6 is 0 Å². The minimum absolute atomic E-state index is 0.897. The quantitative estimate of drug-likeness (QED) is 0.899. The Hall–Kier alpha value is -1.13. The number of hydrogen-bond acceptors (Lipinski definition) is 4. The summed E-state index contributed by atoms with van der Waals surface area (Å²) in [5.74, 6) is 0.897. The fourth-order valence-corrected chi connectivity index (χ4v) is 3.74. The summed E-state index contributed by atoms with van der Waals surface area (Å²) in [6.45, 7) is 7.27. The second kappa shape index (κ2) is 7.23. The Kier molecular flexibility index (Phi) is 5.09. The third-order valence-electron chi connectivity index (χ3n) is 4.92. The largest absolute Gasteiger partial charge is 0.371 e. The molecule has 0 radical (unpaired) electrons. The molecule has 0 saturated carbocycles. The highest BCUT2D eigenvalue weighted by molar-refractivity contribution is 5.52. The third kappa shape index (κ3) is 3.74. The number of anilines is 1. The highest BCUT2D eigenvalue weighted by Crippen LogP contribution is 2.27. The second-order valence-electron chi connectivity index (χ2n) is 6.47. The van der Waals surface area contributed by atoms with E-state index in [0.29, 0.717) is 0 Å². The van der Waals surface area contributed by atoms with E-state index in [-0.39, 0.29) is 0 Å². The first kappa shape index (κ1) is 14.8. The van der Waals surface area contributed by atoms with Gasteiger partial charge in [-0.15, -0.1) is 0 Å². The zero-order chi connectivity index (χ0) is 14.5. The molecular formula is C17H28N4. The van der Waals surface area contributed by atoms with Gasteiger partial charge in [-0.25, -0.2) is 0 Å². The Morgan fingerprint density at radius 3 is 2.67 bits per heavy atom. The molecule has 0 aromatic carbocycles. The van der Waals surface area contributed by atoms with Crippen LogP contribution in [-0.4, -0.2) is 49.7 Å². The standard InChI is InChI=1S/C17H28N4/c1-18-12-16-13-19-7-4-17(16)21-10-5-15(6-11-21)14-20-8-2-3-9-20/h4,7,13,15,18H,2-3,5-6,8-12,14H2,1H3. The van der Waals surface area contributed by atoms with E-state index in [1.807, 2.05) is 19.4 Å². The van der Waals surface area contributed by atoms with Crippen LogP contribution in [0.25, 0.3) is 0 Å². The molecule has 2 saturated heterocycles. The van der Waals surface area contributed by atoms with E-state index in [1.165, 1.54) is 69.7 Å². The van der Waals surface area contributed by atoms with Crippen molar-refractivity contribution < 1.29 is 0 Å². The van der Waals surface area contributed by atoms with E-state index in [4.69, 9.17) is 0 Å². The molecule has 1 aromatic heterocycles. The van der Waals surface area contributed by atoms with E-state index >= 15 is 0 Å². The fourth-order valence-electron chi connectivity index (χ4n) is 3.74. The van der Waals surface area contributed by atoms with Crippen LogP contribution in [0.4, 0.5) is 5.69 Å². The molecule has 0 bridgehead atoms. The second-order valence-corrected chi connectivity index (χ2v) is 6.47. The molecular weight excluding hydrogens is 260 g/mol. The average molecular weight is 288 g/mol. The van der Waals surface area contributed by atoms with Gasteiger partial charge in [-0.1, -0.05) is 0 Å². The van der Waals surface area contributed by atoms with Crippen LogP contribution in [0, 0.1) is 5.92 Å². The lowest BCUT2D eigenvalue weighted by Crippen LogP contribution is -2.38. The lowest BCUT2D eigenvalue weighted by atomic mass is 9.95. The number of pyridine rings is 1. The van der Waals surface area contributed by atoms with Crippen molar-refractivity contribution in [2.75, 3.05) is 44.7 Å². The molecule has 0 unspecified atom stereocenters. The zero-order valence-electron chi connectivity index (χ0n) is 13.2. The molecule has 1 N–H and O–H groups in total. The Labute approximate surface area is 128 Å². The number of nitrogens with zero attached hydrogens (tertiary/aromatic N) is 3. The maximum absolute atomic E-state index is 4.27. The predicted octanol–water partition coefficient (Wildman–Crippen LogP) is 2.11. The SMILES string of the molecule is CNCc1cnccc1N1CCC(CN2CCCC2)CC1. The number of nitrogens with one attached hydrogen (secondary N) is 1. The van der Waals surface area contributed by atoms with Gasteiger partial charge in [0.05, 0.1) is 0 Å². The van der Waals surface area contributed by atoms with Crippen LogP contribution in [0.5, 0.6) is 0 Å². The highest BCUT2D eigenvalue weighted by atomic mass is 15.2. The summed E-state index contributed by atoms with van der Waals surface area (Å²) in [4.78, 5) is 9.49. The van der Waals surface area contributed by atoms with Crippen molar-refractivity contribution in [2.24, 2.45) is 5.92 Å². The van der Waals surface area contributed by atoms with Crippen molar-refractivity contribution >= 4 is 5.69 Å². The van der Waals surface area contributed by atoms with Crippen LogP contribution in [-0.2, 0) is 6.54 Å². The monoisotopic (exact) mass is 288 g/mol. The predicted molar refractivity (Wildman–Crippen MR) is 87.6 cm³/mol. The molecule has 21 heavy (non-hydrogen) atoms. The van der Waals surface area contributed by atoms with E-state index in [2.05, 4.69) is 26.2 Å². The molecule has 2 aliphatic rings. The molecule has 1 aromatic rings. The molecule has 0 atom stereocenters.